The van der Waals surface area contributed by atoms with Crippen LogP contribution in [0.5, 0.6) is 5.75 Å². The molecule has 30 heavy (non-hydrogen) atoms. The zero-order chi connectivity index (χ0) is 20.9. The number of thiazole rings is 1. The van der Waals surface area contributed by atoms with Gasteiger partial charge in [0, 0.05) is 23.5 Å². The number of likely N-dealkylation sites (tertiary alicyclic amines) is 1. The summed E-state index contributed by atoms with van der Waals surface area (Å²) in [5.41, 5.74) is 2.75. The van der Waals surface area contributed by atoms with Gasteiger partial charge in [0.25, 0.3) is 0 Å². The first-order valence-corrected chi connectivity index (χ1v) is 11.2. The molecule has 4 nitrogen and oxygen atoms in total. The summed E-state index contributed by atoms with van der Waals surface area (Å²) >= 11 is 1.55. The van der Waals surface area contributed by atoms with Crippen molar-refractivity contribution in [3.8, 4) is 16.3 Å². The lowest BCUT2D eigenvalue weighted by atomic mass is 10.0. The van der Waals surface area contributed by atoms with E-state index in [4.69, 9.17) is 4.74 Å². The molecule has 2 aromatic carbocycles. The second-order valence-corrected chi connectivity index (χ2v) is 8.35. The zero-order valence-corrected chi connectivity index (χ0v) is 17.8. The number of hydrogen-bond donors (Lipinski definition) is 0. The average molecular weight is 425 g/mol. The van der Waals surface area contributed by atoms with Gasteiger partial charge in [0.05, 0.1) is 18.7 Å². The topological polar surface area (TPSA) is 42.4 Å². The van der Waals surface area contributed by atoms with Crippen LogP contribution in [0.25, 0.3) is 10.6 Å². The van der Waals surface area contributed by atoms with E-state index in [0.29, 0.717) is 19.4 Å². The minimum atomic E-state index is -0.229. The molecule has 4 rings (SSSR count). The van der Waals surface area contributed by atoms with Gasteiger partial charge in [0.1, 0.15) is 16.6 Å². The Bertz CT molecular complexity index is 1000. The monoisotopic (exact) mass is 424 g/mol. The Morgan fingerprint density at radius 1 is 1.27 bits per heavy atom. The zero-order valence-electron chi connectivity index (χ0n) is 17.0. The molecule has 1 unspecified atom stereocenters. The minimum Gasteiger partial charge on any atom is -0.494 e. The van der Waals surface area contributed by atoms with Crippen molar-refractivity contribution in [2.75, 3.05) is 13.2 Å². The molecule has 0 saturated carbocycles. The molecule has 1 aliphatic heterocycles. The smallest absolute Gasteiger partial charge is 0.228 e. The molecule has 6 heteroatoms. The van der Waals surface area contributed by atoms with Crippen molar-refractivity contribution in [3.05, 3.63) is 71.0 Å². The first-order valence-electron chi connectivity index (χ1n) is 10.3. The summed E-state index contributed by atoms with van der Waals surface area (Å²) in [6.07, 6.45) is 2.93. The highest BCUT2D eigenvalue weighted by Gasteiger charge is 2.29. The van der Waals surface area contributed by atoms with Crippen molar-refractivity contribution in [2.45, 2.75) is 38.6 Å². The number of carbonyl (C=O) groups is 1. The highest BCUT2D eigenvalue weighted by atomic mass is 32.1. The summed E-state index contributed by atoms with van der Waals surface area (Å²) in [4.78, 5) is 19.6. The van der Waals surface area contributed by atoms with Crippen molar-refractivity contribution in [3.63, 3.8) is 0 Å². The molecule has 0 aliphatic carbocycles. The summed E-state index contributed by atoms with van der Waals surface area (Å²) in [5.74, 6) is 0.705. The first-order chi connectivity index (χ1) is 14.6. The molecule has 2 heterocycles. The number of nitrogens with zero attached hydrogens (tertiary/aromatic N) is 2. The maximum Gasteiger partial charge on any atom is 0.228 e. The molecule has 1 atom stereocenters. The van der Waals surface area contributed by atoms with E-state index in [1.165, 1.54) is 6.07 Å². The van der Waals surface area contributed by atoms with E-state index in [1.807, 2.05) is 47.5 Å². The van der Waals surface area contributed by atoms with Crippen molar-refractivity contribution in [1.29, 1.82) is 0 Å². The molecule has 1 amide bonds. The number of carbonyl (C=O) groups excluding carboxylic acids is 1. The largest absolute Gasteiger partial charge is 0.494 e. The lowest BCUT2D eigenvalue weighted by Gasteiger charge is -2.24. The second kappa shape index (κ2) is 9.39. The number of rotatable bonds is 7. The molecule has 0 bridgehead atoms. The fraction of sp³-hybridized carbons (Fsp3) is 0.333. The predicted molar refractivity (Wildman–Crippen MR) is 117 cm³/mol. The summed E-state index contributed by atoms with van der Waals surface area (Å²) in [7, 11) is 0. The number of benzene rings is 2. The van der Waals surface area contributed by atoms with Gasteiger partial charge in [-0.25, -0.2) is 9.37 Å². The Morgan fingerprint density at radius 3 is 2.87 bits per heavy atom. The third-order valence-electron chi connectivity index (χ3n) is 5.35. The van der Waals surface area contributed by atoms with Gasteiger partial charge in [-0.1, -0.05) is 12.1 Å². The van der Waals surface area contributed by atoms with Crippen molar-refractivity contribution in [1.82, 2.24) is 9.88 Å². The summed E-state index contributed by atoms with van der Waals surface area (Å²) < 4.78 is 19.0. The number of halogens is 1. The van der Waals surface area contributed by atoms with E-state index in [9.17, 15) is 9.18 Å². The molecule has 1 aromatic heterocycles. The van der Waals surface area contributed by atoms with Gasteiger partial charge >= 0.3 is 0 Å². The molecular weight excluding hydrogens is 399 g/mol. The van der Waals surface area contributed by atoms with Gasteiger partial charge in [0.15, 0.2) is 0 Å². The van der Waals surface area contributed by atoms with E-state index in [2.05, 4.69) is 4.98 Å². The van der Waals surface area contributed by atoms with Gasteiger partial charge in [-0.05, 0) is 68.1 Å². The standard InChI is InChI=1S/C24H25FN2O2S/c1-2-29-22-10-8-18(9-11-22)24-26-20(16-30-24)15-23(28)27-12-4-7-21(27)14-17-5-3-6-19(25)13-17/h3,5-6,8-11,13,16,21H,2,4,7,12,14-15H2,1H3. The summed E-state index contributed by atoms with van der Waals surface area (Å²) in [6, 6.07) is 14.6. The fourth-order valence-electron chi connectivity index (χ4n) is 3.95. The summed E-state index contributed by atoms with van der Waals surface area (Å²) in [6.45, 7) is 3.36. The molecule has 3 aromatic rings. The van der Waals surface area contributed by atoms with Crippen LogP contribution in [0.2, 0.25) is 0 Å². The number of amides is 1. The van der Waals surface area contributed by atoms with Crippen molar-refractivity contribution in [2.24, 2.45) is 0 Å². The van der Waals surface area contributed by atoms with Crippen LogP contribution in [0.15, 0.2) is 53.9 Å². The van der Waals surface area contributed by atoms with Crippen LogP contribution < -0.4 is 4.74 Å². The molecule has 1 fully saturated rings. The van der Waals surface area contributed by atoms with Crippen LogP contribution in [0.4, 0.5) is 4.39 Å². The lowest BCUT2D eigenvalue weighted by molar-refractivity contribution is -0.131. The third kappa shape index (κ3) is 4.87. The van der Waals surface area contributed by atoms with Crippen molar-refractivity contribution >= 4 is 17.2 Å². The SMILES string of the molecule is CCOc1ccc(-c2nc(CC(=O)N3CCCC3Cc3cccc(F)c3)cs2)cc1. The van der Waals surface area contributed by atoms with Crippen LogP contribution in [-0.2, 0) is 17.6 Å². The molecule has 1 saturated heterocycles. The molecule has 0 radical (unpaired) electrons. The van der Waals surface area contributed by atoms with Crippen LogP contribution >= 0.6 is 11.3 Å². The second-order valence-electron chi connectivity index (χ2n) is 7.50. The van der Waals surface area contributed by atoms with Gasteiger partial charge < -0.3 is 9.64 Å². The van der Waals surface area contributed by atoms with E-state index in [1.54, 1.807) is 23.5 Å². The first kappa shape index (κ1) is 20.5. The summed E-state index contributed by atoms with van der Waals surface area (Å²) in [5, 5.41) is 2.86. The minimum absolute atomic E-state index is 0.0949. The molecule has 156 valence electrons. The van der Waals surface area contributed by atoms with Gasteiger partial charge in [-0.2, -0.15) is 0 Å². The maximum atomic E-state index is 13.5. The van der Waals surface area contributed by atoms with E-state index >= 15 is 0 Å². The maximum absolute atomic E-state index is 13.5. The van der Waals surface area contributed by atoms with Crippen LogP contribution in [-0.4, -0.2) is 35.0 Å². The Morgan fingerprint density at radius 2 is 2.10 bits per heavy atom. The van der Waals surface area contributed by atoms with Gasteiger partial charge in [-0.15, -0.1) is 11.3 Å². The Hall–Kier alpha value is -2.73. The number of aromatic nitrogens is 1. The van der Waals surface area contributed by atoms with E-state index in [0.717, 1.165) is 47.0 Å². The Kier molecular flexibility index (Phi) is 6.43. The van der Waals surface area contributed by atoms with Crippen LogP contribution in [0, 0.1) is 5.82 Å². The highest BCUT2D eigenvalue weighted by Crippen LogP contribution is 2.27. The highest BCUT2D eigenvalue weighted by molar-refractivity contribution is 7.13. The van der Waals surface area contributed by atoms with Crippen LogP contribution in [0.3, 0.4) is 0 Å². The Labute approximate surface area is 180 Å². The number of hydrogen-bond acceptors (Lipinski definition) is 4. The van der Waals surface area contributed by atoms with Crippen molar-refractivity contribution < 1.29 is 13.9 Å². The molecule has 1 aliphatic rings. The molecule has 0 spiro atoms. The Balaban J connectivity index is 1.39. The van der Waals surface area contributed by atoms with Gasteiger partial charge in [-0.3, -0.25) is 4.79 Å². The molecule has 0 N–H and O–H groups in total. The van der Waals surface area contributed by atoms with Gasteiger partial charge in [0.2, 0.25) is 5.91 Å². The van der Waals surface area contributed by atoms with Crippen LogP contribution in [0.1, 0.15) is 31.0 Å². The van der Waals surface area contributed by atoms with E-state index < -0.39 is 0 Å². The lowest BCUT2D eigenvalue weighted by Crippen LogP contribution is -2.37. The molecular formula is C24H25FN2O2S. The number of ether oxygens (including phenoxy) is 1. The van der Waals surface area contributed by atoms with E-state index in [-0.39, 0.29) is 17.8 Å². The fourth-order valence-corrected chi connectivity index (χ4v) is 4.78. The quantitative estimate of drug-likeness (QED) is 0.528. The average Bonchev–Trinajstić information content (AvgIpc) is 3.38. The predicted octanol–water partition coefficient (Wildman–Crippen LogP) is 5.12. The third-order valence-corrected chi connectivity index (χ3v) is 6.29. The normalized spacial score (nSPS) is 16.1.